The number of carbonyl (C=O) groups excluding carboxylic acids is 1. The van der Waals surface area contributed by atoms with Crippen LogP contribution in [0.1, 0.15) is 65.7 Å². The normalized spacial score (nSPS) is 18.1. The molecule has 0 saturated heterocycles. The quantitative estimate of drug-likeness (QED) is 0.896. The molecule has 0 radical (unpaired) electrons. The molecule has 2 aliphatic carbocycles. The number of nitrogens with one attached hydrogen (secondary N) is 1. The van der Waals surface area contributed by atoms with Crippen LogP contribution in [-0.2, 0) is 18.3 Å². The van der Waals surface area contributed by atoms with E-state index >= 15 is 0 Å². The van der Waals surface area contributed by atoms with Crippen molar-refractivity contribution in [1.29, 1.82) is 0 Å². The van der Waals surface area contributed by atoms with Gasteiger partial charge in [0, 0.05) is 24.7 Å². The summed E-state index contributed by atoms with van der Waals surface area (Å²) in [6.45, 7) is 0.659. The number of aryl methyl sites for hydroxylation is 2. The molecule has 1 saturated carbocycles. The number of aromatic nitrogens is 1. The van der Waals surface area contributed by atoms with Gasteiger partial charge in [0.05, 0.1) is 0 Å². The molecule has 1 N–H and O–H groups in total. The lowest BCUT2D eigenvalue weighted by Gasteiger charge is -2.34. The van der Waals surface area contributed by atoms with Crippen molar-refractivity contribution in [2.75, 3.05) is 13.6 Å². The highest BCUT2D eigenvalue weighted by molar-refractivity contribution is 5.94. The lowest BCUT2D eigenvalue weighted by molar-refractivity contribution is 0.0756. The van der Waals surface area contributed by atoms with Gasteiger partial charge in [0.25, 0.3) is 11.5 Å². The van der Waals surface area contributed by atoms with E-state index in [0.29, 0.717) is 12.1 Å². The second-order valence-corrected chi connectivity index (χ2v) is 8.24. The van der Waals surface area contributed by atoms with Crippen LogP contribution in [-0.4, -0.2) is 29.4 Å². The summed E-state index contributed by atoms with van der Waals surface area (Å²) in [5.41, 5.74) is 3.51. The van der Waals surface area contributed by atoms with Gasteiger partial charge in [-0.25, -0.2) is 0 Å². The molecule has 4 heteroatoms. The van der Waals surface area contributed by atoms with Crippen molar-refractivity contribution in [2.24, 2.45) is 0 Å². The third-order valence-corrected chi connectivity index (χ3v) is 6.40. The zero-order chi connectivity index (χ0) is 18.9. The molecule has 142 valence electrons. The van der Waals surface area contributed by atoms with Crippen LogP contribution in [0.2, 0.25) is 0 Å². The van der Waals surface area contributed by atoms with Gasteiger partial charge in [0.1, 0.15) is 5.56 Å². The number of carbonyl (C=O) groups is 1. The van der Waals surface area contributed by atoms with Crippen molar-refractivity contribution in [3.8, 4) is 0 Å². The van der Waals surface area contributed by atoms with Crippen LogP contribution < -0.4 is 5.56 Å². The molecule has 4 rings (SSSR count). The molecule has 1 amide bonds. The number of amides is 1. The monoisotopic (exact) mass is 364 g/mol. The highest BCUT2D eigenvalue weighted by atomic mass is 16.2. The van der Waals surface area contributed by atoms with E-state index in [-0.39, 0.29) is 16.9 Å². The van der Waals surface area contributed by atoms with Crippen molar-refractivity contribution < 1.29 is 4.79 Å². The van der Waals surface area contributed by atoms with Crippen molar-refractivity contribution >= 4 is 5.91 Å². The number of hydrogen-bond acceptors (Lipinski definition) is 2. The molecule has 1 fully saturated rings. The molecule has 2 aliphatic rings. The maximum absolute atomic E-state index is 13.1. The Morgan fingerprint density at radius 3 is 2.52 bits per heavy atom. The number of H-pyrrole nitrogens is 1. The molecule has 0 spiro atoms. The topological polar surface area (TPSA) is 53.2 Å². The number of rotatable bonds is 4. The minimum absolute atomic E-state index is 0.00659. The van der Waals surface area contributed by atoms with Crippen LogP contribution >= 0.6 is 0 Å². The van der Waals surface area contributed by atoms with Crippen LogP contribution in [0.5, 0.6) is 0 Å². The van der Waals surface area contributed by atoms with E-state index in [1.165, 1.54) is 18.4 Å². The number of nitrogens with zero attached hydrogens (tertiary/aromatic N) is 1. The summed E-state index contributed by atoms with van der Waals surface area (Å²) in [5, 5.41) is 0. The van der Waals surface area contributed by atoms with Crippen LogP contribution in [0.25, 0.3) is 0 Å². The van der Waals surface area contributed by atoms with E-state index in [1.807, 2.05) is 19.2 Å². The average molecular weight is 364 g/mol. The van der Waals surface area contributed by atoms with Crippen molar-refractivity contribution in [1.82, 2.24) is 9.88 Å². The number of likely N-dealkylation sites (N-methyl/N-ethyl adjacent to an activating group) is 1. The van der Waals surface area contributed by atoms with Gasteiger partial charge in [-0.15, -0.1) is 0 Å². The summed E-state index contributed by atoms with van der Waals surface area (Å²) in [7, 11) is 1.84. The van der Waals surface area contributed by atoms with Crippen molar-refractivity contribution in [2.45, 2.75) is 56.8 Å². The molecular formula is C23H28N2O2. The summed E-state index contributed by atoms with van der Waals surface area (Å²) >= 11 is 0. The zero-order valence-electron chi connectivity index (χ0n) is 16.1. The Kier molecular flexibility index (Phi) is 4.90. The van der Waals surface area contributed by atoms with E-state index in [0.717, 1.165) is 49.8 Å². The van der Waals surface area contributed by atoms with Gasteiger partial charge in [-0.1, -0.05) is 43.2 Å². The van der Waals surface area contributed by atoms with Crippen molar-refractivity contribution in [3.63, 3.8) is 0 Å². The Morgan fingerprint density at radius 2 is 1.78 bits per heavy atom. The Labute approximate surface area is 160 Å². The highest BCUT2D eigenvalue weighted by Crippen LogP contribution is 2.41. The maximum atomic E-state index is 13.1. The van der Waals surface area contributed by atoms with Crippen LogP contribution in [0.15, 0.2) is 41.2 Å². The average Bonchev–Trinajstić information content (AvgIpc) is 3.17. The van der Waals surface area contributed by atoms with Crippen LogP contribution in [0, 0.1) is 0 Å². The number of benzene rings is 1. The van der Waals surface area contributed by atoms with E-state index in [1.54, 1.807) is 4.90 Å². The van der Waals surface area contributed by atoms with Crippen molar-refractivity contribution in [3.05, 3.63) is 69.1 Å². The molecule has 2 aromatic rings. The first-order valence-electron chi connectivity index (χ1n) is 10.2. The van der Waals surface area contributed by atoms with E-state index in [4.69, 9.17) is 0 Å². The molecule has 0 unspecified atom stereocenters. The fraction of sp³-hybridized carbons (Fsp3) is 0.478. The third kappa shape index (κ3) is 3.45. The Morgan fingerprint density at radius 1 is 1.07 bits per heavy atom. The molecular weight excluding hydrogens is 336 g/mol. The summed E-state index contributed by atoms with van der Waals surface area (Å²) in [4.78, 5) is 30.4. The molecule has 0 aliphatic heterocycles. The van der Waals surface area contributed by atoms with Crippen LogP contribution in [0.3, 0.4) is 0 Å². The molecule has 0 bridgehead atoms. The lowest BCUT2D eigenvalue weighted by atomic mass is 9.78. The number of hydrogen-bond donors (Lipinski definition) is 1. The summed E-state index contributed by atoms with van der Waals surface area (Å²) in [5.74, 6) is -0.160. The SMILES string of the molecule is CN(CC1(c2ccccc2)CCCC1)C(=O)c1cc2c([nH]c1=O)CCCC2. The fourth-order valence-corrected chi connectivity index (χ4v) is 4.95. The fourth-order valence-electron chi connectivity index (χ4n) is 4.95. The standard InChI is InChI=1S/C23H28N2O2/c1-25(16-23(13-7-8-14-23)18-10-3-2-4-11-18)22(27)19-15-17-9-5-6-12-20(17)24-21(19)26/h2-4,10-11,15H,5-9,12-14,16H2,1H3,(H,24,26). The van der Waals surface area contributed by atoms with Gasteiger partial charge in [0.2, 0.25) is 0 Å². The zero-order valence-corrected chi connectivity index (χ0v) is 16.1. The highest BCUT2D eigenvalue weighted by Gasteiger charge is 2.37. The Bertz CT molecular complexity index is 879. The Hall–Kier alpha value is -2.36. The molecule has 1 aromatic carbocycles. The van der Waals surface area contributed by atoms with E-state index < -0.39 is 0 Å². The first kappa shape index (κ1) is 18.0. The lowest BCUT2D eigenvalue weighted by Crippen LogP contribution is -2.42. The van der Waals surface area contributed by atoms with Gasteiger partial charge in [-0.3, -0.25) is 9.59 Å². The Balaban J connectivity index is 1.60. The molecule has 0 atom stereocenters. The van der Waals surface area contributed by atoms with Gasteiger partial charge in [-0.05, 0) is 55.7 Å². The largest absolute Gasteiger partial charge is 0.341 e. The number of fused-ring (bicyclic) bond motifs is 1. The summed E-state index contributed by atoms with van der Waals surface area (Å²) in [6, 6.07) is 12.4. The van der Waals surface area contributed by atoms with Gasteiger partial charge in [-0.2, -0.15) is 0 Å². The second kappa shape index (κ2) is 7.34. The molecule has 1 heterocycles. The molecule has 27 heavy (non-hydrogen) atoms. The van der Waals surface area contributed by atoms with Gasteiger partial charge < -0.3 is 9.88 Å². The predicted molar refractivity (Wildman–Crippen MR) is 107 cm³/mol. The maximum Gasteiger partial charge on any atom is 0.261 e. The third-order valence-electron chi connectivity index (χ3n) is 6.40. The minimum Gasteiger partial charge on any atom is -0.341 e. The molecule has 1 aromatic heterocycles. The first-order valence-corrected chi connectivity index (χ1v) is 10.2. The smallest absolute Gasteiger partial charge is 0.261 e. The summed E-state index contributed by atoms with van der Waals surface area (Å²) < 4.78 is 0. The second-order valence-electron chi connectivity index (χ2n) is 8.24. The number of pyridine rings is 1. The minimum atomic E-state index is -0.243. The molecule has 4 nitrogen and oxygen atoms in total. The predicted octanol–water partition coefficient (Wildman–Crippen LogP) is 3.84. The van der Waals surface area contributed by atoms with Gasteiger partial charge in [0.15, 0.2) is 0 Å². The first-order chi connectivity index (χ1) is 13.1. The van der Waals surface area contributed by atoms with Gasteiger partial charge >= 0.3 is 0 Å². The van der Waals surface area contributed by atoms with E-state index in [9.17, 15) is 9.59 Å². The summed E-state index contributed by atoms with van der Waals surface area (Å²) in [6.07, 6.45) is 8.66. The number of aromatic amines is 1. The van der Waals surface area contributed by atoms with Crippen LogP contribution in [0.4, 0.5) is 0 Å². The van der Waals surface area contributed by atoms with E-state index in [2.05, 4.69) is 29.2 Å².